The highest BCUT2D eigenvalue weighted by Crippen LogP contribution is 2.54. The second-order valence-electron chi connectivity index (χ2n) is 10.3. The largest absolute Gasteiger partial charge is 0.0979 e. The van der Waals surface area contributed by atoms with E-state index >= 15 is 0 Å². The third kappa shape index (κ3) is 6.83. The molecule has 0 bridgehead atoms. The minimum atomic E-state index is 0.0943. The van der Waals surface area contributed by atoms with Crippen LogP contribution in [0.15, 0.2) is 36.4 Å². The molecule has 0 amide bonds. The average Bonchev–Trinajstić information content (AvgIpc) is 3.14. The van der Waals surface area contributed by atoms with E-state index in [0.29, 0.717) is 0 Å². The maximum absolute atomic E-state index is 3.47. The first-order chi connectivity index (χ1) is 17.2. The Labute approximate surface area is 216 Å². The van der Waals surface area contributed by atoms with Crippen molar-refractivity contribution < 1.29 is 0 Å². The molecule has 0 heterocycles. The predicted octanol–water partition coefficient (Wildman–Crippen LogP) is 10.2. The average molecular weight is 467 g/mol. The van der Waals surface area contributed by atoms with Crippen molar-refractivity contribution in [3.05, 3.63) is 58.7 Å². The molecule has 186 valence electrons. The zero-order valence-corrected chi connectivity index (χ0v) is 22.9. The Balaban J connectivity index is 2.10. The highest BCUT2D eigenvalue weighted by atomic mass is 14.4. The van der Waals surface area contributed by atoms with Crippen LogP contribution in [0.5, 0.6) is 0 Å². The van der Waals surface area contributed by atoms with Crippen molar-refractivity contribution in [1.82, 2.24) is 0 Å². The molecule has 2 aromatic rings. The molecule has 1 aliphatic carbocycles. The molecule has 0 saturated heterocycles. The summed E-state index contributed by atoms with van der Waals surface area (Å²) in [6.45, 7) is 9.02. The molecule has 0 heteroatoms. The third-order valence-electron chi connectivity index (χ3n) is 7.49. The number of fused-ring (bicyclic) bond motifs is 3. The Hall–Kier alpha value is -2.44. The maximum atomic E-state index is 3.47. The van der Waals surface area contributed by atoms with Crippen molar-refractivity contribution in [1.29, 1.82) is 0 Å². The molecule has 0 spiro atoms. The molecule has 0 unspecified atom stereocenters. The lowest BCUT2D eigenvalue weighted by molar-refractivity contribution is 0.401. The fourth-order valence-corrected chi connectivity index (χ4v) is 5.60. The molecule has 0 N–H and O–H groups in total. The van der Waals surface area contributed by atoms with Crippen LogP contribution < -0.4 is 0 Å². The lowest BCUT2D eigenvalue weighted by Crippen LogP contribution is -2.26. The first-order valence-corrected chi connectivity index (χ1v) is 14.5. The predicted molar refractivity (Wildman–Crippen MR) is 154 cm³/mol. The standard InChI is InChI=1S/C35H46/c1-5-9-13-17-25-35(26-18-14-10-6-2)33-27-29(19-15-11-7-3)21-23-31(33)32-24-22-30(28-34(32)35)20-16-12-8-4/h21-24,27-28H,5-14,17-18,25-26H2,1-4H3. The fraction of sp³-hybridized carbons (Fsp3) is 0.543. The van der Waals surface area contributed by atoms with Crippen LogP contribution in [0.2, 0.25) is 0 Å². The summed E-state index contributed by atoms with van der Waals surface area (Å²) in [6.07, 6.45) is 17.1. The summed E-state index contributed by atoms with van der Waals surface area (Å²) < 4.78 is 0. The monoisotopic (exact) mass is 466 g/mol. The van der Waals surface area contributed by atoms with Gasteiger partial charge in [0.15, 0.2) is 0 Å². The van der Waals surface area contributed by atoms with Gasteiger partial charge in [0, 0.05) is 29.4 Å². The topological polar surface area (TPSA) is 0 Å². The van der Waals surface area contributed by atoms with Gasteiger partial charge in [0.2, 0.25) is 0 Å². The minimum absolute atomic E-state index is 0.0943. The molecule has 0 fully saturated rings. The van der Waals surface area contributed by atoms with Crippen LogP contribution in [0.1, 0.15) is 140 Å². The third-order valence-corrected chi connectivity index (χ3v) is 7.49. The van der Waals surface area contributed by atoms with Crippen molar-refractivity contribution in [2.45, 2.75) is 123 Å². The molecule has 2 aromatic carbocycles. The highest BCUT2D eigenvalue weighted by Gasteiger charge is 2.42. The van der Waals surface area contributed by atoms with Crippen LogP contribution in [0.4, 0.5) is 0 Å². The number of rotatable bonds is 12. The SMILES string of the molecule is CCCC#Cc1ccc2c(c1)C(CCCCCC)(CCCCCC)c1cc(C#CCCC)ccc1-2. The quantitative estimate of drug-likeness (QED) is 0.215. The van der Waals surface area contributed by atoms with E-state index in [1.807, 2.05) is 0 Å². The lowest BCUT2D eigenvalue weighted by atomic mass is 9.70. The molecule has 3 rings (SSSR count). The van der Waals surface area contributed by atoms with Gasteiger partial charge in [-0.1, -0.05) is 115 Å². The molecule has 0 nitrogen and oxygen atoms in total. The molecule has 1 aliphatic rings. The van der Waals surface area contributed by atoms with E-state index in [1.54, 1.807) is 0 Å². The van der Waals surface area contributed by atoms with Gasteiger partial charge in [0.05, 0.1) is 0 Å². The summed E-state index contributed by atoms with van der Waals surface area (Å²) in [5.41, 5.74) is 8.38. The maximum Gasteiger partial charge on any atom is 0.0248 e. The minimum Gasteiger partial charge on any atom is -0.0979 e. The highest BCUT2D eigenvalue weighted by molar-refractivity contribution is 5.82. The number of unbranched alkanes of at least 4 members (excludes halogenated alkanes) is 8. The zero-order valence-electron chi connectivity index (χ0n) is 22.9. The van der Waals surface area contributed by atoms with Gasteiger partial charge in [0.1, 0.15) is 0 Å². The van der Waals surface area contributed by atoms with Crippen LogP contribution in [-0.2, 0) is 5.41 Å². The second kappa shape index (κ2) is 14.2. The Morgan fingerprint density at radius 2 is 1.00 bits per heavy atom. The molecule has 0 aromatic heterocycles. The van der Waals surface area contributed by atoms with Gasteiger partial charge in [-0.2, -0.15) is 0 Å². The van der Waals surface area contributed by atoms with Gasteiger partial charge < -0.3 is 0 Å². The molecule has 0 radical (unpaired) electrons. The molecule has 0 atom stereocenters. The van der Waals surface area contributed by atoms with Gasteiger partial charge in [-0.25, -0.2) is 0 Å². The van der Waals surface area contributed by atoms with Crippen molar-refractivity contribution in [3.8, 4) is 34.8 Å². The fourth-order valence-electron chi connectivity index (χ4n) is 5.60. The van der Waals surface area contributed by atoms with E-state index in [9.17, 15) is 0 Å². The number of hydrogen-bond acceptors (Lipinski definition) is 0. The first-order valence-electron chi connectivity index (χ1n) is 14.5. The molecule has 0 saturated carbocycles. The van der Waals surface area contributed by atoms with Gasteiger partial charge in [-0.15, -0.1) is 0 Å². The van der Waals surface area contributed by atoms with Gasteiger partial charge in [-0.3, -0.25) is 0 Å². The van der Waals surface area contributed by atoms with Crippen LogP contribution in [0, 0.1) is 23.7 Å². The summed E-state index contributed by atoms with van der Waals surface area (Å²) in [7, 11) is 0. The van der Waals surface area contributed by atoms with Crippen LogP contribution >= 0.6 is 0 Å². The van der Waals surface area contributed by atoms with E-state index in [4.69, 9.17) is 0 Å². The Morgan fingerprint density at radius 1 is 0.543 bits per heavy atom. The number of benzene rings is 2. The summed E-state index contributed by atoms with van der Waals surface area (Å²) in [6, 6.07) is 14.1. The van der Waals surface area contributed by atoms with E-state index in [0.717, 1.165) is 25.7 Å². The van der Waals surface area contributed by atoms with Gasteiger partial charge >= 0.3 is 0 Å². The Morgan fingerprint density at radius 3 is 1.40 bits per heavy atom. The zero-order chi connectivity index (χ0) is 24.9. The van der Waals surface area contributed by atoms with Crippen molar-refractivity contribution >= 4 is 0 Å². The van der Waals surface area contributed by atoms with E-state index in [1.165, 1.54) is 97.6 Å². The van der Waals surface area contributed by atoms with Crippen molar-refractivity contribution in [2.24, 2.45) is 0 Å². The Bertz CT molecular complexity index is 975. The van der Waals surface area contributed by atoms with Crippen LogP contribution in [0.25, 0.3) is 11.1 Å². The molecular weight excluding hydrogens is 420 g/mol. The van der Waals surface area contributed by atoms with Crippen LogP contribution in [0.3, 0.4) is 0 Å². The lowest BCUT2D eigenvalue weighted by Gasteiger charge is -2.33. The first kappa shape index (κ1) is 27.2. The number of hydrogen-bond donors (Lipinski definition) is 0. The Kier molecular flexibility index (Phi) is 11.0. The summed E-state index contributed by atoms with van der Waals surface area (Å²) >= 11 is 0. The van der Waals surface area contributed by atoms with E-state index in [2.05, 4.69) is 87.8 Å². The van der Waals surface area contributed by atoms with Crippen molar-refractivity contribution in [2.75, 3.05) is 0 Å². The van der Waals surface area contributed by atoms with Gasteiger partial charge in [0.25, 0.3) is 0 Å². The van der Waals surface area contributed by atoms with E-state index in [-0.39, 0.29) is 5.41 Å². The molecule has 35 heavy (non-hydrogen) atoms. The summed E-state index contributed by atoms with van der Waals surface area (Å²) in [4.78, 5) is 0. The van der Waals surface area contributed by atoms with Crippen LogP contribution in [-0.4, -0.2) is 0 Å². The normalized spacial score (nSPS) is 12.8. The smallest absolute Gasteiger partial charge is 0.0248 e. The molecular formula is C35H46. The van der Waals surface area contributed by atoms with Gasteiger partial charge in [-0.05, 0) is 72.2 Å². The summed E-state index contributed by atoms with van der Waals surface area (Å²) in [5.74, 6) is 13.7. The second-order valence-corrected chi connectivity index (χ2v) is 10.3. The molecule has 0 aliphatic heterocycles. The summed E-state index contributed by atoms with van der Waals surface area (Å²) in [5, 5.41) is 0. The van der Waals surface area contributed by atoms with E-state index < -0.39 is 0 Å². The van der Waals surface area contributed by atoms with Crippen molar-refractivity contribution in [3.63, 3.8) is 0 Å².